The summed E-state index contributed by atoms with van der Waals surface area (Å²) in [5.74, 6) is 0.987. The van der Waals surface area contributed by atoms with Crippen molar-refractivity contribution in [3.05, 3.63) is 0 Å². The van der Waals surface area contributed by atoms with Crippen molar-refractivity contribution in [2.75, 3.05) is 13.2 Å². The minimum absolute atomic E-state index is 0.0335. The first-order valence-electron chi connectivity index (χ1n) is 6.43. The molecule has 3 nitrogen and oxygen atoms in total. The Morgan fingerprint density at radius 3 is 1.81 bits per heavy atom. The van der Waals surface area contributed by atoms with Gasteiger partial charge in [0.25, 0.3) is 0 Å². The summed E-state index contributed by atoms with van der Waals surface area (Å²) in [5, 5.41) is 9.56. The second-order valence-electron chi connectivity index (χ2n) is 5.76. The van der Waals surface area contributed by atoms with Crippen LogP contribution < -0.4 is 5.73 Å². The second-order valence-corrected chi connectivity index (χ2v) is 5.76. The molecule has 0 bridgehead atoms. The second kappa shape index (κ2) is 7.25. The highest BCUT2D eigenvalue weighted by Crippen LogP contribution is 2.15. The van der Waals surface area contributed by atoms with E-state index >= 15 is 0 Å². The Labute approximate surface area is 101 Å². The van der Waals surface area contributed by atoms with E-state index in [1.807, 2.05) is 0 Å². The van der Waals surface area contributed by atoms with E-state index in [2.05, 4.69) is 46.4 Å². The van der Waals surface area contributed by atoms with Crippen LogP contribution in [-0.2, 0) is 0 Å². The molecule has 0 heterocycles. The molecule has 0 aliphatic heterocycles. The third-order valence-corrected chi connectivity index (χ3v) is 3.07. The fourth-order valence-electron chi connectivity index (χ4n) is 2.04. The van der Waals surface area contributed by atoms with Gasteiger partial charge in [-0.2, -0.15) is 0 Å². The van der Waals surface area contributed by atoms with E-state index in [-0.39, 0.29) is 18.7 Å². The molecule has 0 spiro atoms. The first-order valence-corrected chi connectivity index (χ1v) is 6.43. The van der Waals surface area contributed by atoms with Gasteiger partial charge in [0, 0.05) is 24.7 Å². The Morgan fingerprint density at radius 1 is 1.06 bits per heavy atom. The van der Waals surface area contributed by atoms with E-state index in [1.165, 1.54) is 0 Å². The number of rotatable bonds is 7. The Morgan fingerprint density at radius 2 is 1.56 bits per heavy atom. The van der Waals surface area contributed by atoms with Crippen molar-refractivity contribution in [3.8, 4) is 0 Å². The molecule has 0 aromatic heterocycles. The standard InChI is InChI=1S/C13H30N2O/c1-9(2)7-15(11(5)6)12(8-16)13(14)10(3)4/h9-13,16H,7-8,14H2,1-6H3. The average molecular weight is 230 g/mol. The Balaban J connectivity index is 4.70. The zero-order chi connectivity index (χ0) is 12.9. The Bertz CT molecular complexity index is 181. The first kappa shape index (κ1) is 15.9. The summed E-state index contributed by atoms with van der Waals surface area (Å²) in [6, 6.07) is 0.526. The van der Waals surface area contributed by atoms with Crippen LogP contribution in [-0.4, -0.2) is 41.3 Å². The van der Waals surface area contributed by atoms with E-state index in [9.17, 15) is 5.11 Å². The predicted octanol–water partition coefficient (Wildman–Crippen LogP) is 1.70. The molecule has 2 atom stereocenters. The highest BCUT2D eigenvalue weighted by molar-refractivity contribution is 4.85. The molecule has 98 valence electrons. The average Bonchev–Trinajstić information content (AvgIpc) is 2.16. The van der Waals surface area contributed by atoms with Crippen molar-refractivity contribution in [2.45, 2.75) is 59.7 Å². The Hall–Kier alpha value is -0.120. The largest absolute Gasteiger partial charge is 0.395 e. The number of hydrogen-bond acceptors (Lipinski definition) is 3. The maximum absolute atomic E-state index is 9.56. The fraction of sp³-hybridized carbons (Fsp3) is 1.00. The van der Waals surface area contributed by atoms with Crippen LogP contribution in [0.1, 0.15) is 41.5 Å². The van der Waals surface area contributed by atoms with Crippen LogP contribution in [0.5, 0.6) is 0 Å². The Kier molecular flexibility index (Phi) is 7.20. The topological polar surface area (TPSA) is 49.5 Å². The maximum atomic E-state index is 9.56. The molecule has 0 saturated carbocycles. The number of hydrogen-bond donors (Lipinski definition) is 2. The van der Waals surface area contributed by atoms with Crippen LogP contribution in [0, 0.1) is 11.8 Å². The number of nitrogens with zero attached hydrogens (tertiary/aromatic N) is 1. The molecule has 16 heavy (non-hydrogen) atoms. The van der Waals surface area contributed by atoms with Gasteiger partial charge in [0.1, 0.15) is 0 Å². The summed E-state index contributed by atoms with van der Waals surface area (Å²) in [7, 11) is 0. The number of nitrogens with two attached hydrogens (primary N) is 1. The summed E-state index contributed by atoms with van der Waals surface area (Å²) >= 11 is 0. The molecule has 3 N–H and O–H groups in total. The highest BCUT2D eigenvalue weighted by Gasteiger charge is 2.28. The highest BCUT2D eigenvalue weighted by atomic mass is 16.3. The van der Waals surface area contributed by atoms with Crippen molar-refractivity contribution in [1.29, 1.82) is 0 Å². The van der Waals surface area contributed by atoms with E-state index < -0.39 is 0 Å². The first-order chi connectivity index (χ1) is 7.31. The summed E-state index contributed by atoms with van der Waals surface area (Å²) in [5.41, 5.74) is 6.18. The van der Waals surface area contributed by atoms with Crippen molar-refractivity contribution in [2.24, 2.45) is 17.6 Å². The molecule has 0 aliphatic carbocycles. The molecule has 2 unspecified atom stereocenters. The molecular formula is C13H30N2O. The molecular weight excluding hydrogens is 200 g/mol. The van der Waals surface area contributed by atoms with Gasteiger partial charge in [-0.15, -0.1) is 0 Å². The lowest BCUT2D eigenvalue weighted by atomic mass is 9.95. The minimum Gasteiger partial charge on any atom is -0.395 e. The zero-order valence-electron chi connectivity index (χ0n) is 11.8. The molecule has 3 heteroatoms. The van der Waals surface area contributed by atoms with Crippen molar-refractivity contribution in [3.63, 3.8) is 0 Å². The third-order valence-electron chi connectivity index (χ3n) is 3.07. The van der Waals surface area contributed by atoms with Crippen LogP contribution in [0.25, 0.3) is 0 Å². The third kappa shape index (κ3) is 4.81. The SMILES string of the molecule is CC(C)CN(C(C)C)C(CO)C(N)C(C)C. The van der Waals surface area contributed by atoms with Crippen LogP contribution in [0.3, 0.4) is 0 Å². The minimum atomic E-state index is 0.0335. The van der Waals surface area contributed by atoms with E-state index in [0.717, 1.165) is 6.54 Å². The maximum Gasteiger partial charge on any atom is 0.0602 e. The summed E-state index contributed by atoms with van der Waals surface area (Å²) in [6.45, 7) is 14.1. The molecule has 0 amide bonds. The molecule has 0 aromatic carbocycles. The predicted molar refractivity (Wildman–Crippen MR) is 70.4 cm³/mol. The summed E-state index contributed by atoms with van der Waals surface area (Å²) in [4.78, 5) is 2.33. The van der Waals surface area contributed by atoms with Crippen LogP contribution in [0.4, 0.5) is 0 Å². The molecule has 0 aliphatic rings. The summed E-state index contributed by atoms with van der Waals surface area (Å²) in [6.07, 6.45) is 0. The molecule has 0 saturated heterocycles. The molecule has 0 radical (unpaired) electrons. The smallest absolute Gasteiger partial charge is 0.0602 e. The van der Waals surface area contributed by atoms with E-state index in [0.29, 0.717) is 17.9 Å². The van der Waals surface area contributed by atoms with Gasteiger partial charge in [0.15, 0.2) is 0 Å². The van der Waals surface area contributed by atoms with Crippen LogP contribution in [0.2, 0.25) is 0 Å². The van der Waals surface area contributed by atoms with Crippen molar-refractivity contribution >= 4 is 0 Å². The lowest BCUT2D eigenvalue weighted by Gasteiger charge is -2.39. The van der Waals surface area contributed by atoms with Gasteiger partial charge in [-0.25, -0.2) is 0 Å². The molecule has 0 rings (SSSR count). The zero-order valence-corrected chi connectivity index (χ0v) is 11.8. The van der Waals surface area contributed by atoms with Gasteiger partial charge in [-0.1, -0.05) is 27.7 Å². The van der Waals surface area contributed by atoms with Gasteiger partial charge in [0.05, 0.1) is 6.61 Å². The fourth-order valence-corrected chi connectivity index (χ4v) is 2.04. The number of aliphatic hydroxyl groups excluding tert-OH is 1. The summed E-state index contributed by atoms with van der Waals surface area (Å²) < 4.78 is 0. The number of aliphatic hydroxyl groups is 1. The van der Waals surface area contributed by atoms with Crippen LogP contribution in [0.15, 0.2) is 0 Å². The molecule has 0 aromatic rings. The van der Waals surface area contributed by atoms with Gasteiger partial charge in [-0.05, 0) is 25.7 Å². The lowest BCUT2D eigenvalue weighted by Crippen LogP contribution is -2.55. The van der Waals surface area contributed by atoms with Crippen molar-refractivity contribution < 1.29 is 5.11 Å². The normalized spacial score (nSPS) is 16.5. The van der Waals surface area contributed by atoms with Crippen LogP contribution >= 0.6 is 0 Å². The van der Waals surface area contributed by atoms with E-state index in [4.69, 9.17) is 5.73 Å². The quantitative estimate of drug-likeness (QED) is 0.700. The van der Waals surface area contributed by atoms with Gasteiger partial charge in [0.2, 0.25) is 0 Å². The van der Waals surface area contributed by atoms with Gasteiger partial charge < -0.3 is 10.8 Å². The van der Waals surface area contributed by atoms with E-state index in [1.54, 1.807) is 0 Å². The lowest BCUT2D eigenvalue weighted by molar-refractivity contribution is 0.0582. The van der Waals surface area contributed by atoms with Crippen molar-refractivity contribution in [1.82, 2.24) is 4.90 Å². The van der Waals surface area contributed by atoms with Gasteiger partial charge >= 0.3 is 0 Å². The van der Waals surface area contributed by atoms with Gasteiger partial charge in [-0.3, -0.25) is 4.90 Å². The monoisotopic (exact) mass is 230 g/mol. The molecule has 0 fully saturated rings.